The van der Waals surface area contributed by atoms with Gasteiger partial charge in [-0.2, -0.15) is 0 Å². The van der Waals surface area contributed by atoms with Gasteiger partial charge in [-0.3, -0.25) is 9.59 Å². The Morgan fingerprint density at radius 2 is 2.00 bits per heavy atom. The maximum atomic E-state index is 11.8. The summed E-state index contributed by atoms with van der Waals surface area (Å²) in [6, 6.07) is 7.83. The highest BCUT2D eigenvalue weighted by atomic mass is 16.2. The van der Waals surface area contributed by atoms with E-state index in [1.54, 1.807) is 4.90 Å². The number of benzene rings is 1. The first-order valence-corrected chi connectivity index (χ1v) is 6.74. The normalized spacial score (nSPS) is 15.1. The molecule has 0 spiro atoms. The highest BCUT2D eigenvalue weighted by Gasteiger charge is 2.22. The van der Waals surface area contributed by atoms with Gasteiger partial charge in [0.1, 0.15) is 0 Å². The number of rotatable bonds is 4. The molecule has 0 radical (unpaired) electrons. The molecule has 0 aromatic heterocycles. The predicted octanol–water partition coefficient (Wildman–Crippen LogP) is 2.37. The van der Waals surface area contributed by atoms with Crippen molar-refractivity contribution in [3.63, 3.8) is 0 Å². The summed E-state index contributed by atoms with van der Waals surface area (Å²) in [5.74, 6) is 0.421. The van der Waals surface area contributed by atoms with Gasteiger partial charge in [-0.25, -0.2) is 0 Å². The minimum Gasteiger partial charge on any atom is -0.333 e. The first-order valence-electron chi connectivity index (χ1n) is 6.74. The topological polar surface area (TPSA) is 49.4 Å². The molecule has 0 aliphatic carbocycles. The fourth-order valence-corrected chi connectivity index (χ4v) is 2.20. The van der Waals surface area contributed by atoms with E-state index in [0.717, 1.165) is 12.1 Å². The second-order valence-electron chi connectivity index (χ2n) is 5.24. The van der Waals surface area contributed by atoms with E-state index in [1.807, 2.05) is 24.3 Å². The first kappa shape index (κ1) is 13.6. The summed E-state index contributed by atoms with van der Waals surface area (Å²) in [5, 5.41) is 2.82. The molecule has 102 valence electrons. The fourth-order valence-electron chi connectivity index (χ4n) is 2.20. The zero-order chi connectivity index (χ0) is 13.8. The average Bonchev–Trinajstić information content (AvgIpc) is 2.75. The van der Waals surface area contributed by atoms with Crippen LogP contribution in [0.15, 0.2) is 24.3 Å². The van der Waals surface area contributed by atoms with Crippen molar-refractivity contribution in [2.45, 2.75) is 32.6 Å². The van der Waals surface area contributed by atoms with E-state index >= 15 is 0 Å². The van der Waals surface area contributed by atoms with Gasteiger partial charge >= 0.3 is 0 Å². The number of hydrogen-bond donors (Lipinski definition) is 1. The van der Waals surface area contributed by atoms with Gasteiger partial charge in [-0.05, 0) is 30.0 Å². The molecule has 1 N–H and O–H groups in total. The summed E-state index contributed by atoms with van der Waals surface area (Å²) in [7, 11) is 0. The Balaban J connectivity index is 1.89. The molecule has 1 aliphatic heterocycles. The van der Waals surface area contributed by atoms with Crippen molar-refractivity contribution in [3.8, 4) is 0 Å². The number of amides is 2. The van der Waals surface area contributed by atoms with Crippen LogP contribution in [0.3, 0.4) is 0 Å². The fraction of sp³-hybridized carbons (Fsp3) is 0.467. The maximum Gasteiger partial charge on any atom is 0.243 e. The molecule has 19 heavy (non-hydrogen) atoms. The Kier molecular flexibility index (Phi) is 4.20. The van der Waals surface area contributed by atoms with Gasteiger partial charge in [-0.15, -0.1) is 0 Å². The summed E-state index contributed by atoms with van der Waals surface area (Å²) in [5.41, 5.74) is 2.02. The van der Waals surface area contributed by atoms with Crippen molar-refractivity contribution in [2.24, 2.45) is 0 Å². The monoisotopic (exact) mass is 260 g/mol. The van der Waals surface area contributed by atoms with Crippen LogP contribution in [0.5, 0.6) is 0 Å². The molecule has 1 aromatic rings. The highest BCUT2D eigenvalue weighted by Crippen LogP contribution is 2.17. The largest absolute Gasteiger partial charge is 0.333 e. The highest BCUT2D eigenvalue weighted by molar-refractivity contribution is 5.94. The van der Waals surface area contributed by atoms with Crippen molar-refractivity contribution in [1.29, 1.82) is 0 Å². The molecule has 1 fully saturated rings. The van der Waals surface area contributed by atoms with Gasteiger partial charge < -0.3 is 10.2 Å². The molecule has 0 bridgehead atoms. The van der Waals surface area contributed by atoms with Crippen LogP contribution in [0.2, 0.25) is 0 Å². The lowest BCUT2D eigenvalue weighted by Gasteiger charge is -2.15. The lowest BCUT2D eigenvalue weighted by molar-refractivity contribution is -0.131. The molecule has 4 heteroatoms. The minimum absolute atomic E-state index is 0.0744. The van der Waals surface area contributed by atoms with E-state index in [0.29, 0.717) is 18.9 Å². The van der Waals surface area contributed by atoms with E-state index < -0.39 is 0 Å². The van der Waals surface area contributed by atoms with Crippen LogP contribution in [0.4, 0.5) is 5.69 Å². The third kappa shape index (κ3) is 3.56. The van der Waals surface area contributed by atoms with Crippen LogP contribution in [-0.2, 0) is 9.59 Å². The first-order chi connectivity index (χ1) is 9.06. The lowest BCUT2D eigenvalue weighted by Crippen LogP contribution is -2.33. The minimum atomic E-state index is -0.132. The Labute approximate surface area is 113 Å². The molecule has 1 saturated heterocycles. The van der Waals surface area contributed by atoms with E-state index in [2.05, 4.69) is 19.2 Å². The van der Waals surface area contributed by atoms with Gasteiger partial charge in [-0.1, -0.05) is 26.0 Å². The Bertz CT molecular complexity index is 466. The third-order valence-corrected chi connectivity index (χ3v) is 3.37. The molecule has 0 atom stereocenters. The summed E-state index contributed by atoms with van der Waals surface area (Å²) >= 11 is 0. The van der Waals surface area contributed by atoms with E-state index in [-0.39, 0.29) is 18.4 Å². The molecular weight excluding hydrogens is 240 g/mol. The molecule has 2 amide bonds. The Hall–Kier alpha value is -1.84. The molecule has 0 saturated carbocycles. The summed E-state index contributed by atoms with van der Waals surface area (Å²) in [6.45, 7) is 5.11. The van der Waals surface area contributed by atoms with Crippen LogP contribution >= 0.6 is 0 Å². The molecule has 1 aliphatic rings. The zero-order valence-corrected chi connectivity index (χ0v) is 11.5. The summed E-state index contributed by atoms with van der Waals surface area (Å²) < 4.78 is 0. The standard InChI is InChI=1S/C15H20N2O2/c1-11(2)12-5-7-13(8-6-12)16-14(18)10-17-9-3-4-15(17)19/h5-8,11H,3-4,9-10H2,1-2H3,(H,16,18). The Morgan fingerprint density at radius 1 is 1.32 bits per heavy atom. The van der Waals surface area contributed by atoms with E-state index in [9.17, 15) is 9.59 Å². The number of carbonyl (C=O) groups excluding carboxylic acids is 2. The van der Waals surface area contributed by atoms with Crippen LogP contribution < -0.4 is 5.32 Å². The Morgan fingerprint density at radius 3 is 2.53 bits per heavy atom. The number of hydrogen-bond acceptors (Lipinski definition) is 2. The molecule has 2 rings (SSSR count). The molecule has 4 nitrogen and oxygen atoms in total. The van der Waals surface area contributed by atoms with Gasteiger partial charge in [0.15, 0.2) is 0 Å². The van der Waals surface area contributed by atoms with Crippen molar-refractivity contribution in [3.05, 3.63) is 29.8 Å². The van der Waals surface area contributed by atoms with Crippen molar-refractivity contribution in [2.75, 3.05) is 18.4 Å². The van der Waals surface area contributed by atoms with Crippen LogP contribution in [0.1, 0.15) is 38.2 Å². The smallest absolute Gasteiger partial charge is 0.243 e. The number of likely N-dealkylation sites (tertiary alicyclic amines) is 1. The second-order valence-corrected chi connectivity index (χ2v) is 5.24. The van der Waals surface area contributed by atoms with Crippen molar-refractivity contribution < 1.29 is 9.59 Å². The van der Waals surface area contributed by atoms with Crippen molar-refractivity contribution in [1.82, 2.24) is 4.90 Å². The SMILES string of the molecule is CC(C)c1ccc(NC(=O)CN2CCCC2=O)cc1. The summed E-state index contributed by atoms with van der Waals surface area (Å²) in [6.07, 6.45) is 1.42. The van der Waals surface area contributed by atoms with Gasteiger partial charge in [0, 0.05) is 18.7 Å². The quantitative estimate of drug-likeness (QED) is 0.903. The average molecular weight is 260 g/mol. The predicted molar refractivity (Wildman–Crippen MR) is 75.0 cm³/mol. The number of carbonyl (C=O) groups is 2. The summed E-state index contributed by atoms with van der Waals surface area (Å²) in [4.78, 5) is 24.9. The molecule has 1 aromatic carbocycles. The number of nitrogens with zero attached hydrogens (tertiary/aromatic N) is 1. The van der Waals surface area contributed by atoms with E-state index in [1.165, 1.54) is 5.56 Å². The van der Waals surface area contributed by atoms with Gasteiger partial charge in [0.2, 0.25) is 11.8 Å². The van der Waals surface area contributed by atoms with Crippen LogP contribution in [-0.4, -0.2) is 29.8 Å². The number of anilines is 1. The van der Waals surface area contributed by atoms with E-state index in [4.69, 9.17) is 0 Å². The van der Waals surface area contributed by atoms with Crippen LogP contribution in [0, 0.1) is 0 Å². The maximum absolute atomic E-state index is 11.8. The number of nitrogens with one attached hydrogen (secondary N) is 1. The lowest BCUT2D eigenvalue weighted by atomic mass is 10.0. The second kappa shape index (κ2) is 5.87. The van der Waals surface area contributed by atoms with Crippen molar-refractivity contribution >= 4 is 17.5 Å². The molecule has 0 unspecified atom stereocenters. The van der Waals surface area contributed by atoms with Crippen LogP contribution in [0.25, 0.3) is 0 Å². The molecular formula is C15H20N2O2. The van der Waals surface area contributed by atoms with Gasteiger partial charge in [0.05, 0.1) is 6.54 Å². The van der Waals surface area contributed by atoms with Gasteiger partial charge in [0.25, 0.3) is 0 Å². The third-order valence-electron chi connectivity index (χ3n) is 3.37. The zero-order valence-electron chi connectivity index (χ0n) is 11.5. The molecule has 1 heterocycles.